The van der Waals surface area contributed by atoms with Gasteiger partial charge in [0.2, 0.25) is 5.09 Å². The van der Waals surface area contributed by atoms with Crippen molar-refractivity contribution in [1.82, 2.24) is 9.62 Å². The van der Waals surface area contributed by atoms with Crippen molar-refractivity contribution in [1.29, 1.82) is 0 Å². The summed E-state index contributed by atoms with van der Waals surface area (Å²) in [7, 11) is -0.762. The Labute approximate surface area is 177 Å². The number of carbonyl (C=O) groups is 1. The third kappa shape index (κ3) is 5.52. The van der Waals surface area contributed by atoms with Gasteiger partial charge in [0, 0.05) is 20.6 Å². The van der Waals surface area contributed by atoms with Gasteiger partial charge in [-0.3, -0.25) is 4.79 Å². The van der Waals surface area contributed by atoms with Gasteiger partial charge < -0.3 is 14.5 Å². The topological polar surface area (TPSA) is 88.8 Å². The van der Waals surface area contributed by atoms with E-state index in [-0.39, 0.29) is 17.6 Å². The summed E-state index contributed by atoms with van der Waals surface area (Å²) < 4.78 is 36.5. The predicted molar refractivity (Wildman–Crippen MR) is 114 cm³/mol. The quantitative estimate of drug-likeness (QED) is 0.610. The van der Waals surface area contributed by atoms with Crippen LogP contribution in [0.3, 0.4) is 0 Å². The molecule has 1 N–H and O–H groups in total. The standard InChI is InChI=1S/C22H28N2O5S/c1-24(2)30(26,27)21-13-12-18(29-21)16-28-20-11-7-6-10-19(20)22(25)23-15-14-17-8-4-3-5-9-17/h6-8,10-13H,3-5,9,14-16H2,1-2H3,(H,23,25). The number of nitrogens with zero attached hydrogens (tertiary/aromatic N) is 1. The first-order valence-electron chi connectivity index (χ1n) is 10.1. The summed E-state index contributed by atoms with van der Waals surface area (Å²) in [5.74, 6) is 0.576. The molecule has 3 rings (SSSR count). The first kappa shape index (κ1) is 22.1. The van der Waals surface area contributed by atoms with E-state index in [1.54, 1.807) is 30.3 Å². The van der Waals surface area contributed by atoms with E-state index in [2.05, 4.69) is 11.4 Å². The van der Waals surface area contributed by atoms with Gasteiger partial charge in [-0.15, -0.1) is 0 Å². The summed E-state index contributed by atoms with van der Waals surface area (Å²) in [4.78, 5) is 12.6. The third-order valence-corrected chi connectivity index (χ3v) is 6.68. The normalized spacial score (nSPS) is 14.4. The Morgan fingerprint density at radius 2 is 1.97 bits per heavy atom. The Balaban J connectivity index is 1.59. The van der Waals surface area contributed by atoms with E-state index in [4.69, 9.17) is 9.15 Å². The molecule has 2 aromatic rings. The smallest absolute Gasteiger partial charge is 0.275 e. The minimum atomic E-state index is -3.64. The van der Waals surface area contributed by atoms with Gasteiger partial charge in [0.1, 0.15) is 18.1 Å². The van der Waals surface area contributed by atoms with Gasteiger partial charge in [-0.1, -0.05) is 23.8 Å². The molecule has 1 aliphatic rings. The van der Waals surface area contributed by atoms with Crippen LogP contribution in [0.15, 0.2) is 57.6 Å². The molecule has 1 amide bonds. The second-order valence-electron chi connectivity index (χ2n) is 7.41. The highest BCUT2D eigenvalue weighted by Crippen LogP contribution is 2.23. The van der Waals surface area contributed by atoms with Crippen molar-refractivity contribution in [2.24, 2.45) is 0 Å². The fourth-order valence-corrected chi connectivity index (χ4v) is 4.06. The monoisotopic (exact) mass is 432 g/mol. The molecule has 162 valence electrons. The molecule has 1 aromatic carbocycles. The van der Waals surface area contributed by atoms with Crippen molar-refractivity contribution in [2.45, 2.75) is 43.8 Å². The number of furan rings is 1. The molecule has 0 fully saturated rings. The molecule has 0 saturated heterocycles. The van der Waals surface area contributed by atoms with Crippen molar-refractivity contribution in [2.75, 3.05) is 20.6 Å². The Bertz CT molecular complexity index is 1010. The average Bonchev–Trinajstić information content (AvgIpc) is 3.23. The van der Waals surface area contributed by atoms with Crippen LogP contribution < -0.4 is 10.1 Å². The number of rotatable bonds is 9. The zero-order valence-corrected chi connectivity index (χ0v) is 18.2. The van der Waals surface area contributed by atoms with Gasteiger partial charge in [0.25, 0.3) is 15.9 Å². The van der Waals surface area contributed by atoms with E-state index in [0.717, 1.165) is 23.6 Å². The molecular weight excluding hydrogens is 404 g/mol. The van der Waals surface area contributed by atoms with Gasteiger partial charge in [0.15, 0.2) is 0 Å². The van der Waals surface area contributed by atoms with Crippen LogP contribution >= 0.6 is 0 Å². The van der Waals surface area contributed by atoms with Crippen LogP contribution in [-0.2, 0) is 16.6 Å². The van der Waals surface area contributed by atoms with E-state index in [1.807, 2.05) is 0 Å². The van der Waals surface area contributed by atoms with Crippen LogP contribution in [0.1, 0.15) is 48.2 Å². The number of hydrogen-bond acceptors (Lipinski definition) is 5. The Morgan fingerprint density at radius 3 is 2.70 bits per heavy atom. The lowest BCUT2D eigenvalue weighted by atomic mass is 9.97. The van der Waals surface area contributed by atoms with Gasteiger partial charge >= 0.3 is 0 Å². The fraction of sp³-hybridized carbons (Fsp3) is 0.409. The summed E-state index contributed by atoms with van der Waals surface area (Å²) in [6, 6.07) is 9.92. The maximum Gasteiger partial charge on any atom is 0.275 e. The highest BCUT2D eigenvalue weighted by Gasteiger charge is 2.22. The number of sulfonamides is 1. The van der Waals surface area contributed by atoms with E-state index < -0.39 is 10.0 Å². The van der Waals surface area contributed by atoms with Crippen LogP contribution in [0.2, 0.25) is 0 Å². The number of hydrogen-bond donors (Lipinski definition) is 1. The second-order valence-corrected chi connectivity index (χ2v) is 9.49. The van der Waals surface area contributed by atoms with Gasteiger partial charge in [0.05, 0.1) is 5.56 Å². The number of para-hydroxylation sites is 1. The van der Waals surface area contributed by atoms with Crippen molar-refractivity contribution in [3.8, 4) is 5.75 Å². The number of allylic oxidation sites excluding steroid dienone is 1. The number of benzene rings is 1. The van der Waals surface area contributed by atoms with Crippen LogP contribution in [0.25, 0.3) is 0 Å². The molecule has 0 radical (unpaired) electrons. The maximum atomic E-state index is 12.6. The molecule has 0 aliphatic heterocycles. The second kappa shape index (κ2) is 9.95. The van der Waals surface area contributed by atoms with Crippen molar-refractivity contribution in [3.63, 3.8) is 0 Å². The molecule has 1 aliphatic carbocycles. The minimum absolute atomic E-state index is 0.0140. The maximum absolute atomic E-state index is 12.6. The van der Waals surface area contributed by atoms with Gasteiger partial charge in [-0.05, 0) is 56.4 Å². The predicted octanol–water partition coefficient (Wildman–Crippen LogP) is 3.73. The molecule has 8 heteroatoms. The van der Waals surface area contributed by atoms with E-state index in [1.165, 1.54) is 38.6 Å². The molecule has 7 nitrogen and oxygen atoms in total. The lowest BCUT2D eigenvalue weighted by Crippen LogP contribution is -2.25. The number of amides is 1. The SMILES string of the molecule is CN(C)S(=O)(=O)c1ccc(COc2ccccc2C(=O)NCCC2=CCCCC2)o1. The van der Waals surface area contributed by atoms with Crippen molar-refractivity contribution >= 4 is 15.9 Å². The molecule has 1 aromatic heterocycles. The average molecular weight is 433 g/mol. The molecule has 1 heterocycles. The zero-order chi connectivity index (χ0) is 21.6. The minimum Gasteiger partial charge on any atom is -0.485 e. The van der Waals surface area contributed by atoms with Gasteiger partial charge in [-0.25, -0.2) is 12.7 Å². The van der Waals surface area contributed by atoms with E-state index in [0.29, 0.717) is 23.6 Å². The van der Waals surface area contributed by atoms with Crippen molar-refractivity contribution in [3.05, 3.63) is 59.4 Å². The van der Waals surface area contributed by atoms with E-state index >= 15 is 0 Å². The summed E-state index contributed by atoms with van der Waals surface area (Å²) in [5.41, 5.74) is 1.84. The summed E-state index contributed by atoms with van der Waals surface area (Å²) in [6.45, 7) is 0.600. The summed E-state index contributed by atoms with van der Waals surface area (Å²) in [6.07, 6.45) is 7.86. The van der Waals surface area contributed by atoms with Crippen LogP contribution in [0, 0.1) is 0 Å². The molecule has 0 bridgehead atoms. The molecule has 30 heavy (non-hydrogen) atoms. The first-order valence-corrected chi connectivity index (χ1v) is 11.5. The third-order valence-electron chi connectivity index (χ3n) is 4.99. The molecule has 0 saturated carbocycles. The molecule has 0 atom stereocenters. The highest BCUT2D eigenvalue weighted by molar-refractivity contribution is 7.88. The summed E-state index contributed by atoms with van der Waals surface area (Å²) >= 11 is 0. The molecular formula is C22H28N2O5S. The van der Waals surface area contributed by atoms with Crippen LogP contribution in [0.5, 0.6) is 5.75 Å². The lowest BCUT2D eigenvalue weighted by Gasteiger charge is -2.14. The summed E-state index contributed by atoms with van der Waals surface area (Å²) in [5, 5.41) is 2.81. The Morgan fingerprint density at radius 1 is 1.17 bits per heavy atom. The molecule has 0 unspecified atom stereocenters. The Hall–Kier alpha value is -2.58. The van der Waals surface area contributed by atoms with Crippen LogP contribution in [-0.4, -0.2) is 39.3 Å². The number of carbonyl (C=O) groups excluding carboxylic acids is 1. The Kier molecular flexibility index (Phi) is 7.33. The first-order chi connectivity index (χ1) is 14.4. The molecule has 0 spiro atoms. The number of nitrogens with one attached hydrogen (secondary N) is 1. The zero-order valence-electron chi connectivity index (χ0n) is 17.4. The highest BCUT2D eigenvalue weighted by atomic mass is 32.2. The van der Waals surface area contributed by atoms with Crippen molar-refractivity contribution < 1.29 is 22.4 Å². The lowest BCUT2D eigenvalue weighted by molar-refractivity contribution is 0.0949. The van der Waals surface area contributed by atoms with Crippen LogP contribution in [0.4, 0.5) is 0 Å². The van der Waals surface area contributed by atoms with Gasteiger partial charge in [-0.2, -0.15) is 0 Å². The largest absolute Gasteiger partial charge is 0.485 e. The fourth-order valence-electron chi connectivity index (χ4n) is 3.25. The number of ether oxygens (including phenoxy) is 1. The van der Waals surface area contributed by atoms with E-state index in [9.17, 15) is 13.2 Å².